The molecule has 9 nitrogen and oxygen atoms in total. The third-order valence-corrected chi connectivity index (χ3v) is 6.80. The zero-order chi connectivity index (χ0) is 24.1. The lowest BCUT2D eigenvalue weighted by molar-refractivity contribution is -0.139. The molecule has 4 aromatic rings. The fourth-order valence-electron chi connectivity index (χ4n) is 5.26. The van der Waals surface area contributed by atoms with Crippen LogP contribution in [0, 0.1) is 17.6 Å². The van der Waals surface area contributed by atoms with Crippen LogP contribution in [-0.2, 0) is 11.3 Å². The summed E-state index contributed by atoms with van der Waals surface area (Å²) in [4.78, 5) is 22.1. The van der Waals surface area contributed by atoms with Crippen LogP contribution in [0.2, 0.25) is 0 Å². The van der Waals surface area contributed by atoms with Gasteiger partial charge in [-0.05, 0) is 37.3 Å². The van der Waals surface area contributed by atoms with Gasteiger partial charge in [0.15, 0.2) is 17.5 Å². The Morgan fingerprint density at radius 1 is 1.14 bits per heavy atom. The Morgan fingerprint density at radius 2 is 2.00 bits per heavy atom. The number of carboxylic acids is 1. The molecule has 1 saturated carbocycles. The van der Waals surface area contributed by atoms with Crippen LogP contribution >= 0.6 is 0 Å². The van der Waals surface area contributed by atoms with Gasteiger partial charge in [-0.25, -0.2) is 23.5 Å². The van der Waals surface area contributed by atoms with E-state index in [1.807, 2.05) is 0 Å². The summed E-state index contributed by atoms with van der Waals surface area (Å²) in [6.45, 7) is 0.111. The largest absolute Gasteiger partial charge is 0.480 e. The average molecular weight is 478 g/mol. The van der Waals surface area contributed by atoms with Crippen molar-refractivity contribution in [3.63, 3.8) is 0 Å². The molecule has 4 heterocycles. The number of aliphatic carboxylic acids is 1. The SMILES string of the molecule is O=C(O)C1C2CCC(C2)N1c1nc(-c2cc(-c3ccon3)n(Cc3ccccc3F)n2)ncc1F. The summed E-state index contributed by atoms with van der Waals surface area (Å²) in [5, 5.41) is 18.3. The minimum atomic E-state index is -0.987. The number of aromatic nitrogens is 5. The molecule has 1 aliphatic carbocycles. The predicted molar refractivity (Wildman–Crippen MR) is 119 cm³/mol. The van der Waals surface area contributed by atoms with Gasteiger partial charge in [0.25, 0.3) is 0 Å². The average Bonchev–Trinajstić information content (AvgIpc) is 3.64. The number of hydrogen-bond donors (Lipinski definition) is 1. The van der Waals surface area contributed by atoms with E-state index >= 15 is 0 Å². The van der Waals surface area contributed by atoms with Gasteiger partial charge in [0.2, 0.25) is 0 Å². The second-order valence-corrected chi connectivity index (χ2v) is 8.83. The molecular weight excluding hydrogens is 458 g/mol. The van der Waals surface area contributed by atoms with Crippen molar-refractivity contribution >= 4 is 11.8 Å². The molecule has 1 saturated heterocycles. The van der Waals surface area contributed by atoms with E-state index < -0.39 is 17.8 Å². The van der Waals surface area contributed by atoms with Crippen molar-refractivity contribution in [1.82, 2.24) is 24.9 Å². The van der Waals surface area contributed by atoms with Gasteiger partial charge in [0, 0.05) is 17.7 Å². The van der Waals surface area contributed by atoms with Crippen LogP contribution in [0.5, 0.6) is 0 Å². The highest BCUT2D eigenvalue weighted by atomic mass is 19.1. The third-order valence-electron chi connectivity index (χ3n) is 6.80. The Morgan fingerprint density at radius 3 is 2.77 bits per heavy atom. The zero-order valence-electron chi connectivity index (χ0n) is 18.4. The van der Waals surface area contributed by atoms with E-state index in [4.69, 9.17) is 4.52 Å². The lowest BCUT2D eigenvalue weighted by atomic mass is 9.99. The molecule has 2 bridgehead atoms. The van der Waals surface area contributed by atoms with E-state index in [1.165, 1.54) is 12.3 Å². The lowest BCUT2D eigenvalue weighted by Crippen LogP contribution is -2.46. The van der Waals surface area contributed by atoms with Crippen molar-refractivity contribution in [2.75, 3.05) is 4.90 Å². The maximum absolute atomic E-state index is 14.9. The monoisotopic (exact) mass is 478 g/mol. The van der Waals surface area contributed by atoms with Crippen molar-refractivity contribution in [1.29, 1.82) is 0 Å². The normalized spacial score (nSPS) is 21.1. The summed E-state index contributed by atoms with van der Waals surface area (Å²) in [5.41, 5.74) is 1.75. The molecule has 2 fully saturated rings. The first-order valence-electron chi connectivity index (χ1n) is 11.3. The molecule has 1 N–H and O–H groups in total. The van der Waals surface area contributed by atoms with Crippen molar-refractivity contribution in [3.05, 3.63) is 66.1 Å². The van der Waals surface area contributed by atoms with Crippen LogP contribution in [0.1, 0.15) is 24.8 Å². The molecule has 0 spiro atoms. The number of carboxylic acid groups (broad SMARTS) is 1. The van der Waals surface area contributed by atoms with Gasteiger partial charge in [-0.3, -0.25) is 4.68 Å². The first-order chi connectivity index (χ1) is 17.0. The molecule has 3 atom stereocenters. The molecular formula is C24H20F2N6O3. The summed E-state index contributed by atoms with van der Waals surface area (Å²) in [6, 6.07) is 8.77. The van der Waals surface area contributed by atoms with Gasteiger partial charge < -0.3 is 14.5 Å². The first kappa shape index (κ1) is 21.4. The highest BCUT2D eigenvalue weighted by Gasteiger charge is 2.50. The molecule has 0 radical (unpaired) electrons. The van der Waals surface area contributed by atoms with Gasteiger partial charge in [0.05, 0.1) is 18.4 Å². The Hall–Kier alpha value is -4.15. The Labute approximate surface area is 198 Å². The second kappa shape index (κ2) is 8.26. The van der Waals surface area contributed by atoms with E-state index in [-0.39, 0.29) is 36.0 Å². The van der Waals surface area contributed by atoms with Gasteiger partial charge in [-0.1, -0.05) is 23.4 Å². The number of halogens is 2. The van der Waals surface area contributed by atoms with Crippen LogP contribution in [0.25, 0.3) is 22.9 Å². The fraction of sp³-hybridized carbons (Fsp3) is 0.292. The van der Waals surface area contributed by atoms with Crippen molar-refractivity contribution in [3.8, 4) is 22.9 Å². The van der Waals surface area contributed by atoms with Crippen LogP contribution in [0.4, 0.5) is 14.6 Å². The van der Waals surface area contributed by atoms with Crippen LogP contribution in [0.15, 0.2) is 53.4 Å². The Kier molecular flexibility index (Phi) is 5.05. The Bertz CT molecular complexity index is 1410. The maximum atomic E-state index is 14.9. The summed E-state index contributed by atoms with van der Waals surface area (Å²) in [5.74, 6) is -1.99. The van der Waals surface area contributed by atoms with Gasteiger partial charge in [0.1, 0.15) is 29.5 Å². The van der Waals surface area contributed by atoms with Gasteiger partial charge in [-0.15, -0.1) is 0 Å². The summed E-state index contributed by atoms with van der Waals surface area (Å²) >= 11 is 0. The molecule has 11 heteroatoms. The number of nitrogens with zero attached hydrogens (tertiary/aromatic N) is 6. The molecule has 6 rings (SSSR count). The van der Waals surface area contributed by atoms with E-state index in [2.05, 4.69) is 20.2 Å². The standard InChI is InChI=1S/C24H20F2N6O3/c25-16-4-2-1-3-14(16)12-31-20(18-7-8-35-30-18)10-19(29-31)22-27-11-17(26)23(28-22)32-15-6-5-13(9-15)21(32)24(33)34/h1-4,7-8,10-11,13,15,21H,5-6,9,12H2,(H,33,34). The Balaban J connectivity index is 1.42. The van der Waals surface area contributed by atoms with Crippen LogP contribution in [-0.4, -0.2) is 48.1 Å². The highest BCUT2D eigenvalue weighted by molar-refractivity contribution is 5.80. The predicted octanol–water partition coefficient (Wildman–Crippen LogP) is 3.76. The third kappa shape index (κ3) is 3.63. The smallest absolute Gasteiger partial charge is 0.326 e. The fourth-order valence-corrected chi connectivity index (χ4v) is 5.26. The molecule has 0 amide bonds. The number of hydrogen-bond acceptors (Lipinski definition) is 7. The summed E-state index contributed by atoms with van der Waals surface area (Å²) in [7, 11) is 0. The molecule has 1 aromatic carbocycles. The molecule has 3 unspecified atom stereocenters. The van der Waals surface area contributed by atoms with Crippen molar-refractivity contribution in [2.45, 2.75) is 37.9 Å². The number of benzene rings is 1. The van der Waals surface area contributed by atoms with Crippen LogP contribution < -0.4 is 4.90 Å². The second-order valence-electron chi connectivity index (χ2n) is 8.83. The van der Waals surface area contributed by atoms with Crippen molar-refractivity contribution < 1.29 is 23.2 Å². The molecule has 1 aliphatic heterocycles. The van der Waals surface area contributed by atoms with E-state index in [0.29, 0.717) is 29.1 Å². The minimum absolute atomic E-state index is 0.0333. The number of piperidine rings is 1. The minimum Gasteiger partial charge on any atom is -0.480 e. The molecule has 3 aromatic heterocycles. The number of rotatable bonds is 6. The van der Waals surface area contributed by atoms with Crippen molar-refractivity contribution in [2.24, 2.45) is 5.92 Å². The summed E-state index contributed by atoms with van der Waals surface area (Å²) < 4.78 is 35.7. The first-order valence-corrected chi connectivity index (χ1v) is 11.3. The summed E-state index contributed by atoms with van der Waals surface area (Å²) in [6.07, 6.45) is 4.74. The molecule has 2 aliphatic rings. The van der Waals surface area contributed by atoms with E-state index in [1.54, 1.807) is 39.9 Å². The van der Waals surface area contributed by atoms with E-state index in [0.717, 1.165) is 19.0 Å². The zero-order valence-corrected chi connectivity index (χ0v) is 18.4. The number of anilines is 1. The number of carbonyl (C=O) groups is 1. The molecule has 35 heavy (non-hydrogen) atoms. The van der Waals surface area contributed by atoms with Crippen LogP contribution in [0.3, 0.4) is 0 Å². The topological polar surface area (TPSA) is 110 Å². The molecule has 178 valence electrons. The van der Waals surface area contributed by atoms with E-state index in [9.17, 15) is 18.7 Å². The number of fused-ring (bicyclic) bond motifs is 2. The van der Waals surface area contributed by atoms with Gasteiger partial charge >= 0.3 is 5.97 Å². The lowest BCUT2D eigenvalue weighted by Gasteiger charge is -2.33. The van der Waals surface area contributed by atoms with Gasteiger partial charge in [-0.2, -0.15) is 5.10 Å². The quantitative estimate of drug-likeness (QED) is 0.446. The highest BCUT2D eigenvalue weighted by Crippen LogP contribution is 2.45. The maximum Gasteiger partial charge on any atom is 0.326 e.